The van der Waals surface area contributed by atoms with E-state index in [2.05, 4.69) is 66.2 Å². The van der Waals surface area contributed by atoms with Crippen molar-refractivity contribution in [2.75, 3.05) is 6.61 Å². The molecule has 2 heteroatoms. The maximum atomic E-state index is 5.69. The molecule has 2 aromatic rings. The summed E-state index contributed by atoms with van der Waals surface area (Å²) in [5, 5.41) is 0. The summed E-state index contributed by atoms with van der Waals surface area (Å²) in [6.07, 6.45) is 2.24. The van der Waals surface area contributed by atoms with Crippen LogP contribution in [-0.2, 0) is 6.42 Å². The van der Waals surface area contributed by atoms with Gasteiger partial charge in [0.25, 0.3) is 0 Å². The van der Waals surface area contributed by atoms with Crippen molar-refractivity contribution in [1.82, 2.24) is 0 Å². The van der Waals surface area contributed by atoms with Gasteiger partial charge in [0.05, 0.1) is 11.4 Å². The minimum Gasteiger partial charge on any atom is -0.493 e. The Bertz CT molecular complexity index is 613. The number of aryl methyl sites for hydroxylation is 3. The van der Waals surface area contributed by atoms with Crippen LogP contribution in [0.1, 0.15) is 39.1 Å². The molecule has 0 amide bonds. The molecule has 2 aromatic carbocycles. The normalized spacial score (nSPS) is 15.3. The third-order valence-corrected chi connectivity index (χ3v) is 4.82. The number of benzene rings is 2. The quantitative estimate of drug-likeness (QED) is 0.695. The summed E-state index contributed by atoms with van der Waals surface area (Å²) in [4.78, 5) is 0.244. The minimum absolute atomic E-state index is 0.244. The van der Waals surface area contributed by atoms with Gasteiger partial charge in [-0.15, -0.1) is 0 Å². The van der Waals surface area contributed by atoms with E-state index >= 15 is 0 Å². The van der Waals surface area contributed by atoms with Gasteiger partial charge in [-0.25, -0.2) is 0 Å². The third kappa shape index (κ3) is 2.76. The first-order chi connectivity index (χ1) is 9.63. The number of fused-ring (bicyclic) bond motifs is 1. The van der Waals surface area contributed by atoms with Crippen LogP contribution < -0.4 is 4.74 Å². The molecule has 1 aliphatic rings. The van der Waals surface area contributed by atoms with Crippen molar-refractivity contribution in [2.45, 2.75) is 31.5 Å². The molecule has 0 saturated heterocycles. The van der Waals surface area contributed by atoms with Crippen molar-refractivity contribution in [1.29, 1.82) is 0 Å². The summed E-state index contributed by atoms with van der Waals surface area (Å²) >= 11 is 3.85. The fraction of sp³-hybridized carbons (Fsp3) is 0.333. The standard InChI is InChI=1S/C18H19BrO/c1-12-8-13(2)10-16(9-12)18(19)15-5-6-17-14(11-15)4-3-7-20-17/h5-6,8-11,18H,3-4,7H2,1-2H3. The minimum atomic E-state index is 0.244. The number of ether oxygens (including phenoxy) is 1. The van der Waals surface area contributed by atoms with Crippen molar-refractivity contribution in [3.05, 3.63) is 64.2 Å². The highest BCUT2D eigenvalue weighted by Crippen LogP contribution is 2.35. The maximum Gasteiger partial charge on any atom is 0.122 e. The Labute approximate surface area is 129 Å². The van der Waals surface area contributed by atoms with Crippen molar-refractivity contribution in [2.24, 2.45) is 0 Å². The zero-order valence-corrected chi connectivity index (χ0v) is 13.5. The van der Waals surface area contributed by atoms with Crippen molar-refractivity contribution < 1.29 is 4.74 Å². The lowest BCUT2D eigenvalue weighted by molar-refractivity contribution is 0.288. The molecule has 104 valence electrons. The second-order valence-corrected chi connectivity index (χ2v) is 6.52. The third-order valence-electron chi connectivity index (χ3n) is 3.76. The van der Waals surface area contributed by atoms with E-state index in [0.29, 0.717) is 0 Å². The average molecular weight is 331 g/mol. The smallest absolute Gasteiger partial charge is 0.122 e. The monoisotopic (exact) mass is 330 g/mol. The van der Waals surface area contributed by atoms with Gasteiger partial charge in [0, 0.05) is 0 Å². The zero-order chi connectivity index (χ0) is 14.1. The highest BCUT2D eigenvalue weighted by molar-refractivity contribution is 9.09. The van der Waals surface area contributed by atoms with E-state index in [0.717, 1.165) is 25.2 Å². The summed E-state index contributed by atoms with van der Waals surface area (Å²) < 4.78 is 5.69. The summed E-state index contributed by atoms with van der Waals surface area (Å²) in [6, 6.07) is 13.3. The summed E-state index contributed by atoms with van der Waals surface area (Å²) in [5.74, 6) is 1.06. The predicted molar refractivity (Wildman–Crippen MR) is 86.9 cm³/mol. The highest BCUT2D eigenvalue weighted by atomic mass is 79.9. The van der Waals surface area contributed by atoms with Crippen molar-refractivity contribution in [3.8, 4) is 5.75 Å². The summed E-state index contributed by atoms with van der Waals surface area (Å²) in [7, 11) is 0. The van der Waals surface area contributed by atoms with Gasteiger partial charge in [0.15, 0.2) is 0 Å². The van der Waals surface area contributed by atoms with E-state index in [-0.39, 0.29) is 4.83 Å². The van der Waals surface area contributed by atoms with Gasteiger partial charge in [0.2, 0.25) is 0 Å². The number of alkyl halides is 1. The Kier molecular flexibility index (Phi) is 3.84. The Morgan fingerprint density at radius 3 is 2.50 bits per heavy atom. The molecule has 0 aromatic heterocycles. The molecule has 0 saturated carbocycles. The Morgan fingerprint density at radius 1 is 1.00 bits per heavy atom. The lowest BCUT2D eigenvalue weighted by Gasteiger charge is -2.20. The number of hydrogen-bond acceptors (Lipinski definition) is 1. The van der Waals surface area contributed by atoms with E-state index in [1.807, 2.05) is 0 Å². The van der Waals surface area contributed by atoms with Gasteiger partial charge in [-0.2, -0.15) is 0 Å². The van der Waals surface area contributed by atoms with Crippen LogP contribution in [0.25, 0.3) is 0 Å². The van der Waals surface area contributed by atoms with Crippen LogP contribution in [0.5, 0.6) is 5.75 Å². The predicted octanol–water partition coefficient (Wildman–Crippen LogP) is 5.11. The fourth-order valence-electron chi connectivity index (χ4n) is 2.89. The maximum absolute atomic E-state index is 5.69. The molecule has 0 spiro atoms. The number of rotatable bonds is 2. The first-order valence-corrected chi connectivity index (χ1v) is 8.03. The lowest BCUT2D eigenvalue weighted by atomic mass is 9.97. The molecule has 1 nitrogen and oxygen atoms in total. The van der Waals surface area contributed by atoms with Gasteiger partial charge in [-0.3, -0.25) is 0 Å². The first-order valence-electron chi connectivity index (χ1n) is 7.11. The van der Waals surface area contributed by atoms with Gasteiger partial charge < -0.3 is 4.74 Å². The molecule has 1 aliphatic heterocycles. The van der Waals surface area contributed by atoms with Gasteiger partial charge in [-0.1, -0.05) is 57.4 Å². The van der Waals surface area contributed by atoms with E-state index in [1.165, 1.54) is 27.8 Å². The molecule has 0 radical (unpaired) electrons. The van der Waals surface area contributed by atoms with Crippen molar-refractivity contribution in [3.63, 3.8) is 0 Å². The van der Waals surface area contributed by atoms with Crippen LogP contribution >= 0.6 is 15.9 Å². The van der Waals surface area contributed by atoms with Crippen LogP contribution in [0.2, 0.25) is 0 Å². The van der Waals surface area contributed by atoms with E-state index in [4.69, 9.17) is 4.74 Å². The van der Waals surface area contributed by atoms with Crippen LogP contribution in [0, 0.1) is 13.8 Å². The fourth-order valence-corrected chi connectivity index (χ4v) is 3.44. The molecule has 0 aliphatic carbocycles. The summed E-state index contributed by atoms with van der Waals surface area (Å²) in [6.45, 7) is 5.15. The van der Waals surface area contributed by atoms with Crippen LogP contribution in [0.3, 0.4) is 0 Å². The topological polar surface area (TPSA) is 9.23 Å². The Hall–Kier alpha value is -1.28. The lowest BCUT2D eigenvalue weighted by Crippen LogP contribution is -2.08. The van der Waals surface area contributed by atoms with E-state index < -0.39 is 0 Å². The molecule has 0 fully saturated rings. The Morgan fingerprint density at radius 2 is 1.75 bits per heavy atom. The number of halogens is 1. The van der Waals surface area contributed by atoms with Crippen LogP contribution in [-0.4, -0.2) is 6.61 Å². The highest BCUT2D eigenvalue weighted by Gasteiger charge is 2.15. The molecular formula is C18H19BrO. The molecule has 0 bridgehead atoms. The van der Waals surface area contributed by atoms with Gasteiger partial charge in [0.1, 0.15) is 5.75 Å². The number of hydrogen-bond donors (Lipinski definition) is 0. The molecule has 1 heterocycles. The molecule has 0 N–H and O–H groups in total. The van der Waals surface area contributed by atoms with Gasteiger partial charge >= 0.3 is 0 Å². The molecule has 1 atom stereocenters. The molecule has 20 heavy (non-hydrogen) atoms. The zero-order valence-electron chi connectivity index (χ0n) is 11.9. The molecular weight excluding hydrogens is 312 g/mol. The largest absolute Gasteiger partial charge is 0.493 e. The average Bonchev–Trinajstić information content (AvgIpc) is 2.45. The molecule has 1 unspecified atom stereocenters. The van der Waals surface area contributed by atoms with E-state index in [9.17, 15) is 0 Å². The SMILES string of the molecule is Cc1cc(C)cc(C(Br)c2ccc3c(c2)CCCO3)c1. The Balaban J connectivity index is 1.95. The first kappa shape index (κ1) is 13.7. The van der Waals surface area contributed by atoms with E-state index in [1.54, 1.807) is 0 Å². The van der Waals surface area contributed by atoms with Crippen LogP contribution in [0.4, 0.5) is 0 Å². The second-order valence-electron chi connectivity index (χ2n) is 5.60. The van der Waals surface area contributed by atoms with Crippen LogP contribution in [0.15, 0.2) is 36.4 Å². The molecule has 3 rings (SSSR count). The van der Waals surface area contributed by atoms with Gasteiger partial charge in [-0.05, 0) is 49.4 Å². The van der Waals surface area contributed by atoms with Crippen molar-refractivity contribution >= 4 is 15.9 Å². The summed E-state index contributed by atoms with van der Waals surface area (Å²) in [5.41, 5.74) is 6.58. The second kappa shape index (κ2) is 5.61.